The zero-order valence-corrected chi connectivity index (χ0v) is 10.9. The molecule has 18 heavy (non-hydrogen) atoms. The lowest BCUT2D eigenvalue weighted by Crippen LogP contribution is -2.04. The van der Waals surface area contributed by atoms with E-state index in [2.05, 4.69) is 23.6 Å². The van der Waals surface area contributed by atoms with Gasteiger partial charge in [0.2, 0.25) is 0 Å². The minimum Gasteiger partial charge on any atom is -0.481 e. The molecule has 1 N–H and O–H groups in total. The molecule has 0 saturated heterocycles. The highest BCUT2D eigenvalue weighted by Gasteiger charge is 2.13. The van der Waals surface area contributed by atoms with Crippen molar-refractivity contribution in [1.82, 2.24) is 4.57 Å². The molecule has 0 fully saturated rings. The van der Waals surface area contributed by atoms with E-state index in [1.807, 2.05) is 32.0 Å². The van der Waals surface area contributed by atoms with Gasteiger partial charge in [-0.25, -0.2) is 0 Å². The van der Waals surface area contributed by atoms with Crippen LogP contribution in [0.25, 0.3) is 5.69 Å². The van der Waals surface area contributed by atoms with Gasteiger partial charge in [0.15, 0.2) is 0 Å². The summed E-state index contributed by atoms with van der Waals surface area (Å²) in [5, 5.41) is 8.91. The topological polar surface area (TPSA) is 42.2 Å². The molecule has 0 amide bonds. The number of benzene rings is 1. The molecule has 0 atom stereocenters. The molecule has 3 nitrogen and oxygen atoms in total. The van der Waals surface area contributed by atoms with E-state index in [9.17, 15) is 4.79 Å². The normalized spacial score (nSPS) is 10.6. The molecule has 94 valence electrons. The number of para-hydroxylation sites is 1. The summed E-state index contributed by atoms with van der Waals surface area (Å²) in [7, 11) is 0. The van der Waals surface area contributed by atoms with Crippen molar-refractivity contribution in [2.45, 2.75) is 27.2 Å². The zero-order chi connectivity index (χ0) is 13.3. The molecule has 2 aromatic rings. The number of hydrogen-bond acceptors (Lipinski definition) is 1. The van der Waals surface area contributed by atoms with E-state index in [4.69, 9.17) is 5.11 Å². The van der Waals surface area contributed by atoms with Gasteiger partial charge in [-0.3, -0.25) is 4.79 Å². The third-order valence-electron chi connectivity index (χ3n) is 3.23. The van der Waals surface area contributed by atoms with Gasteiger partial charge < -0.3 is 9.67 Å². The number of aliphatic carboxylic acids is 1. The molecule has 3 heteroatoms. The van der Waals surface area contributed by atoms with Crippen molar-refractivity contribution < 1.29 is 9.90 Å². The number of rotatable bonds is 3. The van der Waals surface area contributed by atoms with Gasteiger partial charge in [-0.2, -0.15) is 0 Å². The molecule has 0 bridgehead atoms. The average molecular weight is 243 g/mol. The molecule has 0 unspecified atom stereocenters. The van der Waals surface area contributed by atoms with Gasteiger partial charge in [-0.05, 0) is 44.0 Å². The molecule has 0 saturated carbocycles. The molecule has 0 radical (unpaired) electrons. The summed E-state index contributed by atoms with van der Waals surface area (Å²) in [4.78, 5) is 10.8. The van der Waals surface area contributed by atoms with Gasteiger partial charge in [0.05, 0.1) is 6.42 Å². The van der Waals surface area contributed by atoms with Crippen LogP contribution in [0.5, 0.6) is 0 Å². The number of carbonyl (C=O) groups is 1. The zero-order valence-electron chi connectivity index (χ0n) is 10.9. The second-order valence-corrected chi connectivity index (χ2v) is 4.59. The predicted molar refractivity (Wildman–Crippen MR) is 71.3 cm³/mol. The van der Waals surface area contributed by atoms with Gasteiger partial charge in [0.1, 0.15) is 0 Å². The van der Waals surface area contributed by atoms with Crippen LogP contribution in [0, 0.1) is 20.8 Å². The van der Waals surface area contributed by atoms with E-state index in [-0.39, 0.29) is 6.42 Å². The molecular formula is C15H17NO2. The number of aryl methyl sites for hydroxylation is 2. The van der Waals surface area contributed by atoms with Crippen LogP contribution in [0.2, 0.25) is 0 Å². The van der Waals surface area contributed by atoms with Crippen LogP contribution in [-0.4, -0.2) is 15.6 Å². The number of nitrogens with zero attached hydrogens (tertiary/aromatic N) is 1. The minimum atomic E-state index is -0.792. The Morgan fingerprint density at radius 3 is 2.50 bits per heavy atom. The van der Waals surface area contributed by atoms with E-state index in [0.29, 0.717) is 0 Å². The van der Waals surface area contributed by atoms with E-state index in [0.717, 1.165) is 22.6 Å². The standard InChI is InChI=1S/C15H17NO2/c1-10-6-4-5-7-14(10)16-11(2)8-13(12(16)3)9-15(17)18/h4-8H,9H2,1-3H3,(H,17,18). The Kier molecular flexibility index (Phi) is 3.24. The van der Waals surface area contributed by atoms with Crippen LogP contribution >= 0.6 is 0 Å². The monoisotopic (exact) mass is 243 g/mol. The number of aromatic nitrogens is 1. The summed E-state index contributed by atoms with van der Waals surface area (Å²) in [5.74, 6) is -0.792. The van der Waals surface area contributed by atoms with Crippen LogP contribution < -0.4 is 0 Å². The molecule has 1 heterocycles. The Bertz CT molecular complexity index is 597. The van der Waals surface area contributed by atoms with Crippen molar-refractivity contribution in [2.24, 2.45) is 0 Å². The highest BCUT2D eigenvalue weighted by atomic mass is 16.4. The van der Waals surface area contributed by atoms with Gasteiger partial charge in [0.25, 0.3) is 0 Å². The van der Waals surface area contributed by atoms with Crippen LogP contribution in [0.3, 0.4) is 0 Å². The molecule has 1 aromatic heterocycles. The van der Waals surface area contributed by atoms with Crippen molar-refractivity contribution in [1.29, 1.82) is 0 Å². The first-order chi connectivity index (χ1) is 8.50. The Morgan fingerprint density at radius 2 is 1.89 bits per heavy atom. The molecule has 0 aliphatic rings. The summed E-state index contributed by atoms with van der Waals surface area (Å²) in [6.45, 7) is 6.04. The Morgan fingerprint density at radius 1 is 1.22 bits per heavy atom. The van der Waals surface area contributed by atoms with E-state index >= 15 is 0 Å². The summed E-state index contributed by atoms with van der Waals surface area (Å²) < 4.78 is 2.12. The van der Waals surface area contributed by atoms with Crippen LogP contribution in [-0.2, 0) is 11.2 Å². The smallest absolute Gasteiger partial charge is 0.307 e. The van der Waals surface area contributed by atoms with Gasteiger partial charge in [-0.15, -0.1) is 0 Å². The fourth-order valence-corrected chi connectivity index (χ4v) is 2.36. The molecule has 0 aliphatic heterocycles. The lowest BCUT2D eigenvalue weighted by Gasteiger charge is -2.12. The molecule has 2 rings (SSSR count). The first kappa shape index (κ1) is 12.4. The fraction of sp³-hybridized carbons (Fsp3) is 0.267. The molecule has 1 aromatic carbocycles. The van der Waals surface area contributed by atoms with Gasteiger partial charge in [0, 0.05) is 17.1 Å². The fourth-order valence-electron chi connectivity index (χ4n) is 2.36. The van der Waals surface area contributed by atoms with E-state index < -0.39 is 5.97 Å². The predicted octanol–water partition coefficient (Wildman–Crippen LogP) is 3.03. The average Bonchev–Trinajstić information content (AvgIpc) is 2.55. The van der Waals surface area contributed by atoms with Crippen molar-refractivity contribution >= 4 is 5.97 Å². The Labute approximate surface area is 107 Å². The largest absolute Gasteiger partial charge is 0.481 e. The summed E-state index contributed by atoms with van der Waals surface area (Å²) >= 11 is 0. The lowest BCUT2D eigenvalue weighted by molar-refractivity contribution is -0.136. The van der Waals surface area contributed by atoms with E-state index in [1.54, 1.807) is 0 Å². The second kappa shape index (κ2) is 4.69. The number of carboxylic acids is 1. The first-order valence-corrected chi connectivity index (χ1v) is 5.96. The van der Waals surface area contributed by atoms with E-state index in [1.165, 1.54) is 5.56 Å². The van der Waals surface area contributed by atoms with Crippen LogP contribution in [0.15, 0.2) is 30.3 Å². The third-order valence-corrected chi connectivity index (χ3v) is 3.23. The van der Waals surface area contributed by atoms with Crippen molar-refractivity contribution in [3.05, 3.63) is 52.8 Å². The highest BCUT2D eigenvalue weighted by Crippen LogP contribution is 2.23. The van der Waals surface area contributed by atoms with Crippen molar-refractivity contribution in [2.75, 3.05) is 0 Å². The maximum atomic E-state index is 10.8. The van der Waals surface area contributed by atoms with Crippen LogP contribution in [0.4, 0.5) is 0 Å². The minimum absolute atomic E-state index is 0.0750. The van der Waals surface area contributed by atoms with Crippen LogP contribution in [0.1, 0.15) is 22.5 Å². The maximum absolute atomic E-state index is 10.8. The molecule has 0 spiro atoms. The first-order valence-electron chi connectivity index (χ1n) is 5.96. The SMILES string of the molecule is Cc1ccccc1-n1c(C)cc(CC(=O)O)c1C. The van der Waals surface area contributed by atoms with Crippen molar-refractivity contribution in [3.8, 4) is 5.69 Å². The van der Waals surface area contributed by atoms with Gasteiger partial charge in [-0.1, -0.05) is 18.2 Å². The Balaban J connectivity index is 2.56. The summed E-state index contributed by atoms with van der Waals surface area (Å²) in [5.41, 5.74) is 5.25. The maximum Gasteiger partial charge on any atom is 0.307 e. The number of hydrogen-bond donors (Lipinski definition) is 1. The third kappa shape index (κ3) is 2.16. The quantitative estimate of drug-likeness (QED) is 0.900. The number of carboxylic acid groups (broad SMARTS) is 1. The highest BCUT2D eigenvalue weighted by molar-refractivity contribution is 5.71. The second-order valence-electron chi connectivity index (χ2n) is 4.59. The Hall–Kier alpha value is -2.03. The summed E-state index contributed by atoms with van der Waals surface area (Å²) in [6.07, 6.45) is 0.0750. The van der Waals surface area contributed by atoms with Crippen molar-refractivity contribution in [3.63, 3.8) is 0 Å². The summed E-state index contributed by atoms with van der Waals surface area (Å²) in [6, 6.07) is 10.1. The lowest BCUT2D eigenvalue weighted by atomic mass is 10.1. The van der Waals surface area contributed by atoms with Gasteiger partial charge >= 0.3 is 5.97 Å². The molecule has 0 aliphatic carbocycles. The molecular weight excluding hydrogens is 226 g/mol.